The van der Waals surface area contributed by atoms with Gasteiger partial charge in [0.05, 0.1) is 5.69 Å². The van der Waals surface area contributed by atoms with Crippen LogP contribution in [0.15, 0.2) is 36.4 Å². The van der Waals surface area contributed by atoms with Gasteiger partial charge in [0.25, 0.3) is 0 Å². The number of hydrogen-bond acceptors (Lipinski definition) is 3. The maximum absolute atomic E-state index is 13.4. The molecule has 2 aromatic carbocycles. The second-order valence-corrected chi connectivity index (χ2v) is 4.91. The monoisotopic (exact) mass is 344 g/mol. The fourth-order valence-corrected chi connectivity index (χ4v) is 1.95. The molecule has 0 aliphatic rings. The van der Waals surface area contributed by atoms with Gasteiger partial charge >= 0.3 is 6.03 Å². The molecule has 0 saturated carbocycles. The standard InChI is InChI=1S/C13H10F3N3O3S/c14-9-5-11(16)12(6-10(9)15)18-13(20)17-7-1-3-8(4-2-7)19-23(21)22/h1-6,19H,(H,21,22)(H2,17,18,20)/p-1. The van der Waals surface area contributed by atoms with Crippen molar-refractivity contribution in [1.29, 1.82) is 0 Å². The van der Waals surface area contributed by atoms with Crippen LogP contribution in [0.3, 0.4) is 0 Å². The third-order valence-corrected chi connectivity index (χ3v) is 3.00. The van der Waals surface area contributed by atoms with Crippen LogP contribution in [0.4, 0.5) is 35.0 Å². The van der Waals surface area contributed by atoms with E-state index in [0.717, 1.165) is 0 Å². The molecular weight excluding hydrogens is 335 g/mol. The van der Waals surface area contributed by atoms with E-state index in [1.54, 1.807) is 0 Å². The van der Waals surface area contributed by atoms with Crippen LogP contribution >= 0.6 is 0 Å². The minimum Gasteiger partial charge on any atom is -0.755 e. The Bertz CT molecular complexity index is 756. The molecule has 2 rings (SSSR count). The van der Waals surface area contributed by atoms with Crippen LogP contribution in [0.1, 0.15) is 0 Å². The Balaban J connectivity index is 2.02. The normalized spacial score (nSPS) is 11.7. The third-order valence-electron chi connectivity index (χ3n) is 2.60. The molecule has 0 spiro atoms. The van der Waals surface area contributed by atoms with Crippen molar-refractivity contribution in [2.75, 3.05) is 15.4 Å². The number of anilines is 3. The van der Waals surface area contributed by atoms with E-state index in [-0.39, 0.29) is 11.4 Å². The van der Waals surface area contributed by atoms with Crippen molar-refractivity contribution < 1.29 is 26.7 Å². The maximum atomic E-state index is 13.4. The van der Waals surface area contributed by atoms with E-state index in [4.69, 9.17) is 0 Å². The minimum atomic E-state index is -2.47. The van der Waals surface area contributed by atoms with Crippen molar-refractivity contribution in [3.8, 4) is 0 Å². The first-order valence-electron chi connectivity index (χ1n) is 6.03. The Hall–Kier alpha value is -2.59. The number of nitrogens with one attached hydrogen (secondary N) is 3. The van der Waals surface area contributed by atoms with Crippen molar-refractivity contribution in [1.82, 2.24) is 0 Å². The van der Waals surface area contributed by atoms with Crippen molar-refractivity contribution >= 4 is 34.4 Å². The van der Waals surface area contributed by atoms with E-state index in [1.807, 2.05) is 5.32 Å². The molecule has 23 heavy (non-hydrogen) atoms. The van der Waals surface area contributed by atoms with Crippen LogP contribution in [-0.4, -0.2) is 14.8 Å². The summed E-state index contributed by atoms with van der Waals surface area (Å²) in [4.78, 5) is 11.7. The average Bonchev–Trinajstić information content (AvgIpc) is 2.46. The molecule has 3 N–H and O–H groups in total. The van der Waals surface area contributed by atoms with Crippen LogP contribution in [0.2, 0.25) is 0 Å². The largest absolute Gasteiger partial charge is 0.755 e. The van der Waals surface area contributed by atoms with Crippen molar-refractivity contribution in [2.24, 2.45) is 0 Å². The number of halogens is 3. The molecule has 1 atom stereocenters. The van der Waals surface area contributed by atoms with Crippen molar-refractivity contribution in [2.45, 2.75) is 0 Å². The molecule has 0 fully saturated rings. The lowest BCUT2D eigenvalue weighted by Crippen LogP contribution is -2.20. The fraction of sp³-hybridized carbons (Fsp3) is 0. The van der Waals surface area contributed by atoms with Gasteiger partial charge in [0, 0.05) is 34.8 Å². The van der Waals surface area contributed by atoms with Gasteiger partial charge in [0.1, 0.15) is 5.82 Å². The Labute approximate surface area is 131 Å². The summed E-state index contributed by atoms with van der Waals surface area (Å²) in [5, 5.41) is 4.35. The number of benzene rings is 2. The van der Waals surface area contributed by atoms with Crippen LogP contribution in [-0.2, 0) is 11.3 Å². The molecule has 0 saturated heterocycles. The number of amides is 2. The Morgan fingerprint density at radius 3 is 2.09 bits per heavy atom. The van der Waals surface area contributed by atoms with Crippen LogP contribution in [0.25, 0.3) is 0 Å². The highest BCUT2D eigenvalue weighted by atomic mass is 32.2. The van der Waals surface area contributed by atoms with Crippen LogP contribution in [0, 0.1) is 17.5 Å². The first-order valence-corrected chi connectivity index (χ1v) is 7.11. The summed E-state index contributed by atoms with van der Waals surface area (Å²) in [6.07, 6.45) is 0. The fourth-order valence-electron chi connectivity index (χ4n) is 1.62. The van der Waals surface area contributed by atoms with E-state index in [9.17, 15) is 26.7 Å². The summed E-state index contributed by atoms with van der Waals surface area (Å²) in [5.74, 6) is -3.80. The van der Waals surface area contributed by atoms with Crippen LogP contribution in [0.5, 0.6) is 0 Å². The van der Waals surface area contributed by atoms with Crippen molar-refractivity contribution in [3.63, 3.8) is 0 Å². The van der Waals surface area contributed by atoms with E-state index >= 15 is 0 Å². The molecule has 6 nitrogen and oxygen atoms in total. The summed E-state index contributed by atoms with van der Waals surface area (Å²) < 4.78 is 62.2. The Kier molecular flexibility index (Phi) is 5.19. The lowest BCUT2D eigenvalue weighted by atomic mass is 10.3. The molecule has 0 aliphatic heterocycles. The highest BCUT2D eigenvalue weighted by molar-refractivity contribution is 7.80. The molecule has 2 aromatic rings. The van der Waals surface area contributed by atoms with E-state index in [2.05, 4.69) is 10.0 Å². The molecule has 122 valence electrons. The smallest absolute Gasteiger partial charge is 0.323 e. The Morgan fingerprint density at radius 2 is 1.48 bits per heavy atom. The van der Waals surface area contributed by atoms with Gasteiger partial charge in [-0.1, -0.05) is 0 Å². The molecule has 0 bridgehead atoms. The van der Waals surface area contributed by atoms with Gasteiger partial charge in [0.15, 0.2) is 11.6 Å². The van der Waals surface area contributed by atoms with Gasteiger partial charge < -0.3 is 19.9 Å². The number of hydrogen-bond donors (Lipinski definition) is 3. The summed E-state index contributed by atoms with van der Waals surface area (Å²) in [6.45, 7) is 0. The highest BCUT2D eigenvalue weighted by Crippen LogP contribution is 2.19. The zero-order chi connectivity index (χ0) is 17.0. The summed E-state index contributed by atoms with van der Waals surface area (Å²) >= 11 is -2.47. The predicted molar refractivity (Wildman–Crippen MR) is 77.9 cm³/mol. The predicted octanol–water partition coefficient (Wildman–Crippen LogP) is 2.95. The zero-order valence-corrected chi connectivity index (χ0v) is 12.0. The van der Waals surface area contributed by atoms with E-state index < -0.39 is 40.4 Å². The summed E-state index contributed by atoms with van der Waals surface area (Å²) in [5.41, 5.74) is 0.0186. The van der Waals surface area contributed by atoms with Gasteiger partial charge in [-0.2, -0.15) is 0 Å². The number of carbonyl (C=O) groups excluding carboxylic acids is 1. The van der Waals surface area contributed by atoms with E-state index in [1.165, 1.54) is 24.3 Å². The van der Waals surface area contributed by atoms with Crippen molar-refractivity contribution in [3.05, 3.63) is 53.8 Å². The lowest BCUT2D eigenvalue weighted by molar-refractivity contribution is 0.262. The number of rotatable bonds is 4. The van der Waals surface area contributed by atoms with Gasteiger partial charge in [-0.15, -0.1) is 0 Å². The van der Waals surface area contributed by atoms with Gasteiger partial charge in [-0.25, -0.2) is 18.0 Å². The summed E-state index contributed by atoms with van der Waals surface area (Å²) in [6, 6.07) is 5.47. The quantitative estimate of drug-likeness (QED) is 0.588. The minimum absolute atomic E-state index is 0.271. The second kappa shape index (κ2) is 7.11. The molecular formula is C13H9F3N3O3S-. The first kappa shape index (κ1) is 16.8. The van der Waals surface area contributed by atoms with Gasteiger partial charge in [-0.05, 0) is 24.3 Å². The first-order chi connectivity index (χ1) is 10.8. The average molecular weight is 344 g/mol. The second-order valence-electron chi connectivity index (χ2n) is 4.24. The van der Waals surface area contributed by atoms with Crippen LogP contribution < -0.4 is 15.4 Å². The molecule has 2 amide bonds. The molecule has 10 heteroatoms. The topological polar surface area (TPSA) is 93.3 Å². The molecule has 0 aliphatic carbocycles. The van der Waals surface area contributed by atoms with E-state index in [0.29, 0.717) is 12.1 Å². The van der Waals surface area contributed by atoms with Gasteiger partial charge in [-0.3, -0.25) is 4.21 Å². The Morgan fingerprint density at radius 1 is 0.913 bits per heavy atom. The molecule has 1 unspecified atom stereocenters. The molecule has 0 heterocycles. The van der Waals surface area contributed by atoms with Gasteiger partial charge in [0.2, 0.25) is 0 Å². The maximum Gasteiger partial charge on any atom is 0.323 e. The third kappa shape index (κ3) is 4.69. The lowest BCUT2D eigenvalue weighted by Gasteiger charge is -2.11. The molecule has 0 aromatic heterocycles. The summed E-state index contributed by atoms with van der Waals surface area (Å²) in [7, 11) is 0. The highest BCUT2D eigenvalue weighted by Gasteiger charge is 2.12. The SMILES string of the molecule is O=C(Nc1ccc(NS(=O)[O-])cc1)Nc1cc(F)c(F)cc1F. The number of carbonyl (C=O) groups is 1. The zero-order valence-electron chi connectivity index (χ0n) is 11.2. The number of urea groups is 1. The molecule has 0 radical (unpaired) electrons.